The van der Waals surface area contributed by atoms with Crippen molar-refractivity contribution < 1.29 is 18.7 Å². The van der Waals surface area contributed by atoms with Crippen LogP contribution in [-0.2, 0) is 9.53 Å². The molecule has 2 aromatic heterocycles. The molecule has 0 aromatic carbocycles. The highest BCUT2D eigenvalue weighted by molar-refractivity contribution is 7.13. The number of hydrogen-bond acceptors (Lipinski definition) is 6. The first-order valence-corrected chi connectivity index (χ1v) is 7.12. The summed E-state index contributed by atoms with van der Waals surface area (Å²) in [6, 6.07) is 3.52. The Balaban J connectivity index is 1.82. The molecule has 2 heterocycles. The Morgan fingerprint density at radius 1 is 1.43 bits per heavy atom. The van der Waals surface area contributed by atoms with Gasteiger partial charge in [-0.1, -0.05) is 0 Å². The van der Waals surface area contributed by atoms with Gasteiger partial charge in [-0.15, -0.1) is 11.3 Å². The van der Waals surface area contributed by atoms with Gasteiger partial charge >= 0.3 is 0 Å². The van der Waals surface area contributed by atoms with Gasteiger partial charge in [0, 0.05) is 19.0 Å². The van der Waals surface area contributed by atoms with E-state index in [2.05, 4.69) is 15.6 Å². The van der Waals surface area contributed by atoms with Gasteiger partial charge in [0.2, 0.25) is 5.91 Å². The number of methoxy groups -OCH3 is 1. The summed E-state index contributed by atoms with van der Waals surface area (Å²) >= 11 is 1.30. The van der Waals surface area contributed by atoms with Crippen LogP contribution in [0.15, 0.2) is 28.2 Å². The lowest BCUT2D eigenvalue weighted by Crippen LogP contribution is -2.38. The number of rotatable bonds is 7. The third-order valence-corrected chi connectivity index (χ3v) is 3.36. The van der Waals surface area contributed by atoms with E-state index in [9.17, 15) is 9.59 Å². The van der Waals surface area contributed by atoms with E-state index in [1.54, 1.807) is 30.9 Å². The highest BCUT2D eigenvalue weighted by Crippen LogP contribution is 2.23. The maximum Gasteiger partial charge on any atom is 0.271 e. The molecule has 7 nitrogen and oxygen atoms in total. The summed E-state index contributed by atoms with van der Waals surface area (Å²) in [6.07, 6.45) is 1.54. The van der Waals surface area contributed by atoms with Gasteiger partial charge in [0.05, 0.1) is 19.4 Å². The van der Waals surface area contributed by atoms with E-state index in [0.717, 1.165) is 0 Å². The number of carbonyl (C=O) groups is 2. The molecule has 0 unspecified atom stereocenters. The fourth-order valence-corrected chi connectivity index (χ4v) is 2.26. The number of carbonyl (C=O) groups excluding carboxylic acids is 2. The van der Waals surface area contributed by atoms with Crippen LogP contribution in [0.5, 0.6) is 0 Å². The van der Waals surface area contributed by atoms with Crippen molar-refractivity contribution in [3.05, 3.63) is 29.5 Å². The van der Waals surface area contributed by atoms with Crippen molar-refractivity contribution in [1.29, 1.82) is 0 Å². The van der Waals surface area contributed by atoms with Crippen LogP contribution in [0.1, 0.15) is 10.5 Å². The molecule has 2 N–H and O–H groups in total. The molecule has 0 spiro atoms. The van der Waals surface area contributed by atoms with Gasteiger partial charge in [-0.25, -0.2) is 4.98 Å². The molecule has 112 valence electrons. The average Bonchev–Trinajstić information content (AvgIpc) is 3.15. The third kappa shape index (κ3) is 4.40. The first-order valence-electron chi connectivity index (χ1n) is 6.24. The smallest absolute Gasteiger partial charge is 0.271 e. The number of nitrogens with zero attached hydrogens (tertiary/aromatic N) is 1. The van der Waals surface area contributed by atoms with Crippen LogP contribution in [-0.4, -0.2) is 43.6 Å². The Bertz CT molecular complexity index is 594. The number of amides is 2. The first-order chi connectivity index (χ1) is 10.2. The fourth-order valence-electron chi connectivity index (χ4n) is 1.50. The fraction of sp³-hybridized carbons (Fsp3) is 0.308. The molecule has 0 aliphatic carbocycles. The van der Waals surface area contributed by atoms with E-state index in [-0.39, 0.29) is 18.1 Å². The zero-order valence-electron chi connectivity index (χ0n) is 11.4. The van der Waals surface area contributed by atoms with Crippen molar-refractivity contribution in [2.75, 3.05) is 26.8 Å². The summed E-state index contributed by atoms with van der Waals surface area (Å²) < 4.78 is 10.0. The standard InChI is InChI=1S/C13H15N3O4S/c1-19-6-4-14-11(17)7-15-12(18)9-8-21-13(16-9)10-3-2-5-20-10/h2-3,5,8H,4,6-7H2,1H3,(H,14,17)(H,15,18). The van der Waals surface area contributed by atoms with Crippen molar-refractivity contribution in [1.82, 2.24) is 15.6 Å². The van der Waals surface area contributed by atoms with Gasteiger partial charge in [-0.3, -0.25) is 9.59 Å². The number of ether oxygens (including phenoxy) is 1. The van der Waals surface area contributed by atoms with Crippen LogP contribution in [0.25, 0.3) is 10.8 Å². The lowest BCUT2D eigenvalue weighted by atomic mass is 10.4. The van der Waals surface area contributed by atoms with Crippen LogP contribution in [0.2, 0.25) is 0 Å². The molecule has 0 aliphatic rings. The summed E-state index contributed by atoms with van der Waals surface area (Å²) in [6.45, 7) is 0.735. The second-order valence-corrected chi connectivity index (χ2v) is 4.90. The number of aromatic nitrogens is 1. The number of furan rings is 1. The Morgan fingerprint density at radius 3 is 3.00 bits per heavy atom. The summed E-state index contributed by atoms with van der Waals surface area (Å²) in [5.74, 6) is -0.0656. The highest BCUT2D eigenvalue weighted by Gasteiger charge is 2.13. The SMILES string of the molecule is COCCNC(=O)CNC(=O)c1csc(-c2ccco2)n1. The van der Waals surface area contributed by atoms with Crippen molar-refractivity contribution in [2.45, 2.75) is 0 Å². The molecule has 0 saturated carbocycles. The summed E-state index contributed by atoms with van der Waals surface area (Å²) in [7, 11) is 1.55. The summed E-state index contributed by atoms with van der Waals surface area (Å²) in [5, 5.41) is 7.35. The maximum atomic E-state index is 11.9. The van der Waals surface area contributed by atoms with Gasteiger partial charge in [0.1, 0.15) is 5.69 Å². The van der Waals surface area contributed by atoms with Crippen molar-refractivity contribution >= 4 is 23.2 Å². The maximum absolute atomic E-state index is 11.9. The van der Waals surface area contributed by atoms with Crippen LogP contribution >= 0.6 is 11.3 Å². The zero-order chi connectivity index (χ0) is 15.1. The molecule has 2 rings (SSSR count). The molecule has 0 saturated heterocycles. The average molecular weight is 309 g/mol. The monoisotopic (exact) mass is 309 g/mol. The van der Waals surface area contributed by atoms with Gasteiger partial charge in [0.25, 0.3) is 5.91 Å². The lowest BCUT2D eigenvalue weighted by Gasteiger charge is -2.05. The summed E-state index contributed by atoms with van der Waals surface area (Å²) in [5.41, 5.74) is 0.260. The normalized spacial score (nSPS) is 10.3. The van der Waals surface area contributed by atoms with E-state index >= 15 is 0 Å². The topological polar surface area (TPSA) is 93.5 Å². The zero-order valence-corrected chi connectivity index (χ0v) is 12.2. The molecule has 0 bridgehead atoms. The number of hydrogen-bond donors (Lipinski definition) is 2. The van der Waals surface area contributed by atoms with E-state index in [1.807, 2.05) is 0 Å². The minimum Gasteiger partial charge on any atom is -0.462 e. The van der Waals surface area contributed by atoms with Gasteiger partial charge < -0.3 is 19.8 Å². The second kappa shape index (κ2) is 7.55. The van der Waals surface area contributed by atoms with E-state index < -0.39 is 5.91 Å². The third-order valence-electron chi connectivity index (χ3n) is 2.51. The first kappa shape index (κ1) is 15.2. The number of thiazole rings is 1. The van der Waals surface area contributed by atoms with E-state index in [0.29, 0.717) is 23.9 Å². The quantitative estimate of drug-likeness (QED) is 0.741. The molecule has 2 amide bonds. The predicted octanol–water partition coefficient (Wildman–Crippen LogP) is 0.896. The van der Waals surface area contributed by atoms with Crippen LogP contribution in [0, 0.1) is 0 Å². The van der Waals surface area contributed by atoms with Crippen LogP contribution in [0.3, 0.4) is 0 Å². The van der Waals surface area contributed by atoms with Crippen LogP contribution in [0.4, 0.5) is 0 Å². The van der Waals surface area contributed by atoms with Gasteiger partial charge in [-0.2, -0.15) is 0 Å². The van der Waals surface area contributed by atoms with Gasteiger partial charge in [-0.05, 0) is 12.1 Å². The van der Waals surface area contributed by atoms with Crippen molar-refractivity contribution in [3.8, 4) is 10.8 Å². The van der Waals surface area contributed by atoms with Crippen LogP contribution < -0.4 is 10.6 Å². The van der Waals surface area contributed by atoms with Crippen molar-refractivity contribution in [3.63, 3.8) is 0 Å². The molecule has 0 atom stereocenters. The molecular formula is C13H15N3O4S. The largest absolute Gasteiger partial charge is 0.462 e. The van der Waals surface area contributed by atoms with Crippen molar-refractivity contribution in [2.24, 2.45) is 0 Å². The Hall–Kier alpha value is -2.19. The second-order valence-electron chi connectivity index (χ2n) is 4.04. The Kier molecular flexibility index (Phi) is 5.47. The molecule has 0 radical (unpaired) electrons. The Morgan fingerprint density at radius 2 is 2.29 bits per heavy atom. The molecular weight excluding hydrogens is 294 g/mol. The lowest BCUT2D eigenvalue weighted by molar-refractivity contribution is -0.120. The minimum absolute atomic E-state index is 0.101. The van der Waals surface area contributed by atoms with Gasteiger partial charge in [0.15, 0.2) is 10.8 Å². The molecule has 8 heteroatoms. The summed E-state index contributed by atoms with van der Waals surface area (Å²) in [4.78, 5) is 27.5. The van der Waals surface area contributed by atoms with E-state index in [4.69, 9.17) is 9.15 Å². The molecule has 0 fully saturated rings. The molecule has 0 aliphatic heterocycles. The Labute approximate surface area is 125 Å². The molecule has 21 heavy (non-hydrogen) atoms. The predicted molar refractivity (Wildman–Crippen MR) is 77.0 cm³/mol. The highest BCUT2D eigenvalue weighted by atomic mass is 32.1. The number of nitrogens with one attached hydrogen (secondary N) is 2. The minimum atomic E-state index is -0.397. The molecule has 2 aromatic rings. The van der Waals surface area contributed by atoms with E-state index in [1.165, 1.54) is 11.3 Å².